The molecule has 0 bridgehead atoms. The largest absolute Gasteiger partial charge is 0.459 e. The summed E-state index contributed by atoms with van der Waals surface area (Å²) in [6.45, 7) is 2.49. The van der Waals surface area contributed by atoms with E-state index in [4.69, 9.17) is 27.6 Å². The summed E-state index contributed by atoms with van der Waals surface area (Å²) in [5.74, 6) is 0.860. The fourth-order valence-electron chi connectivity index (χ4n) is 2.09. The van der Waals surface area contributed by atoms with Gasteiger partial charge in [-0.1, -0.05) is 41.4 Å². The molecule has 0 aliphatic heterocycles. The van der Waals surface area contributed by atoms with E-state index < -0.39 is 0 Å². The Kier molecular flexibility index (Phi) is 3.60. The van der Waals surface area contributed by atoms with E-state index in [0.717, 1.165) is 28.0 Å². The molecule has 1 aromatic heterocycles. The van der Waals surface area contributed by atoms with Crippen LogP contribution < -0.4 is 5.32 Å². The Bertz CT molecular complexity index is 731. The summed E-state index contributed by atoms with van der Waals surface area (Å²) in [6, 6.07) is 13.6. The van der Waals surface area contributed by atoms with Crippen molar-refractivity contribution < 1.29 is 4.42 Å². The van der Waals surface area contributed by atoms with E-state index in [-0.39, 0.29) is 0 Å². The third kappa shape index (κ3) is 2.62. The Labute approximate surface area is 127 Å². The molecule has 2 aromatic carbocycles. The number of hydrogen-bond donors (Lipinski definition) is 1. The lowest BCUT2D eigenvalue weighted by Gasteiger charge is -2.09. The zero-order valence-electron chi connectivity index (χ0n) is 10.9. The molecule has 0 saturated carbocycles. The van der Waals surface area contributed by atoms with Crippen LogP contribution in [0.25, 0.3) is 11.0 Å². The molecule has 0 saturated heterocycles. The van der Waals surface area contributed by atoms with E-state index in [9.17, 15) is 0 Å². The van der Waals surface area contributed by atoms with Crippen LogP contribution in [-0.2, 0) is 6.54 Å². The first-order chi connectivity index (χ1) is 9.63. The van der Waals surface area contributed by atoms with Gasteiger partial charge in [-0.05, 0) is 36.8 Å². The fraction of sp³-hybridized carbons (Fsp3) is 0.125. The number of anilines is 1. The van der Waals surface area contributed by atoms with Gasteiger partial charge in [-0.3, -0.25) is 0 Å². The van der Waals surface area contributed by atoms with Crippen molar-refractivity contribution in [2.45, 2.75) is 13.5 Å². The second-order valence-corrected chi connectivity index (χ2v) is 5.50. The highest BCUT2D eigenvalue weighted by molar-refractivity contribution is 6.35. The average Bonchev–Trinajstić information content (AvgIpc) is 2.84. The molecule has 3 rings (SSSR count). The zero-order valence-corrected chi connectivity index (χ0v) is 12.4. The normalized spacial score (nSPS) is 10.9. The Balaban J connectivity index is 1.81. The maximum absolute atomic E-state index is 6.19. The van der Waals surface area contributed by atoms with Crippen molar-refractivity contribution in [1.29, 1.82) is 0 Å². The first-order valence-electron chi connectivity index (χ1n) is 6.30. The second-order valence-electron chi connectivity index (χ2n) is 4.69. The van der Waals surface area contributed by atoms with Crippen LogP contribution in [0.4, 0.5) is 5.69 Å². The summed E-state index contributed by atoms with van der Waals surface area (Å²) < 4.78 is 5.75. The molecular weight excluding hydrogens is 293 g/mol. The van der Waals surface area contributed by atoms with Crippen LogP contribution >= 0.6 is 23.2 Å². The summed E-state index contributed by atoms with van der Waals surface area (Å²) in [5, 5.41) is 5.69. The van der Waals surface area contributed by atoms with E-state index >= 15 is 0 Å². The molecule has 3 aromatic rings. The molecule has 102 valence electrons. The smallest absolute Gasteiger partial charge is 0.134 e. The molecular formula is C16H13Cl2NO. The number of aryl methyl sites for hydroxylation is 1. The number of benzene rings is 2. The molecule has 20 heavy (non-hydrogen) atoms. The molecule has 0 radical (unpaired) electrons. The average molecular weight is 306 g/mol. The standard InChI is InChI=1S/C16H13Cl2NO/c1-10-6-14(18)15(8-13(10)17)19-9-12-7-11-4-2-3-5-16(11)20-12/h2-8,19H,9H2,1H3. The highest BCUT2D eigenvalue weighted by Gasteiger charge is 2.07. The van der Waals surface area contributed by atoms with Crippen molar-refractivity contribution >= 4 is 39.9 Å². The summed E-state index contributed by atoms with van der Waals surface area (Å²) in [4.78, 5) is 0. The van der Waals surface area contributed by atoms with Crippen molar-refractivity contribution in [3.05, 3.63) is 63.8 Å². The Morgan fingerprint density at radius 1 is 1.05 bits per heavy atom. The van der Waals surface area contributed by atoms with Gasteiger partial charge in [-0.2, -0.15) is 0 Å². The van der Waals surface area contributed by atoms with E-state index in [2.05, 4.69) is 5.32 Å². The van der Waals surface area contributed by atoms with Crippen LogP contribution in [0.5, 0.6) is 0 Å². The highest BCUT2D eigenvalue weighted by atomic mass is 35.5. The maximum atomic E-state index is 6.19. The molecule has 0 unspecified atom stereocenters. The van der Waals surface area contributed by atoms with Gasteiger partial charge in [0.05, 0.1) is 17.3 Å². The molecule has 1 N–H and O–H groups in total. The summed E-state index contributed by atoms with van der Waals surface area (Å²) in [7, 11) is 0. The lowest BCUT2D eigenvalue weighted by molar-refractivity contribution is 0.559. The van der Waals surface area contributed by atoms with Gasteiger partial charge >= 0.3 is 0 Å². The Morgan fingerprint density at radius 3 is 2.65 bits per heavy atom. The number of furan rings is 1. The third-order valence-electron chi connectivity index (χ3n) is 3.18. The first-order valence-corrected chi connectivity index (χ1v) is 7.06. The van der Waals surface area contributed by atoms with Crippen molar-refractivity contribution in [3.8, 4) is 0 Å². The van der Waals surface area contributed by atoms with E-state index in [1.54, 1.807) is 0 Å². The number of nitrogens with one attached hydrogen (secondary N) is 1. The van der Waals surface area contributed by atoms with Crippen LogP contribution in [0.15, 0.2) is 46.9 Å². The minimum Gasteiger partial charge on any atom is -0.459 e. The van der Waals surface area contributed by atoms with Crippen LogP contribution in [0.3, 0.4) is 0 Å². The Morgan fingerprint density at radius 2 is 1.85 bits per heavy atom. The highest BCUT2D eigenvalue weighted by Crippen LogP contribution is 2.29. The van der Waals surface area contributed by atoms with Crippen molar-refractivity contribution in [3.63, 3.8) is 0 Å². The number of para-hydroxylation sites is 1. The quantitative estimate of drug-likeness (QED) is 0.675. The maximum Gasteiger partial charge on any atom is 0.134 e. The summed E-state index contributed by atoms with van der Waals surface area (Å²) in [6.07, 6.45) is 0. The fourth-order valence-corrected chi connectivity index (χ4v) is 2.54. The molecule has 0 fully saturated rings. The van der Waals surface area contributed by atoms with E-state index in [1.165, 1.54) is 0 Å². The van der Waals surface area contributed by atoms with Gasteiger partial charge in [0.1, 0.15) is 11.3 Å². The molecule has 0 amide bonds. The molecule has 0 atom stereocenters. The SMILES string of the molecule is Cc1cc(Cl)c(NCc2cc3ccccc3o2)cc1Cl. The van der Waals surface area contributed by atoms with Crippen molar-refractivity contribution in [1.82, 2.24) is 0 Å². The van der Waals surface area contributed by atoms with Gasteiger partial charge in [0.2, 0.25) is 0 Å². The predicted octanol–water partition coefficient (Wildman–Crippen LogP) is 5.66. The number of hydrogen-bond acceptors (Lipinski definition) is 2. The van der Waals surface area contributed by atoms with Gasteiger partial charge in [-0.15, -0.1) is 0 Å². The van der Waals surface area contributed by atoms with Crippen LogP contribution in [0.1, 0.15) is 11.3 Å². The Hall–Kier alpha value is -1.64. The third-order valence-corrected chi connectivity index (χ3v) is 3.90. The van der Waals surface area contributed by atoms with Crippen LogP contribution in [-0.4, -0.2) is 0 Å². The summed E-state index contributed by atoms with van der Waals surface area (Å²) in [5.41, 5.74) is 2.66. The minimum absolute atomic E-state index is 0.563. The van der Waals surface area contributed by atoms with Crippen LogP contribution in [0.2, 0.25) is 10.0 Å². The minimum atomic E-state index is 0.563. The van der Waals surface area contributed by atoms with Gasteiger partial charge < -0.3 is 9.73 Å². The molecule has 1 heterocycles. The topological polar surface area (TPSA) is 25.2 Å². The lowest BCUT2D eigenvalue weighted by atomic mass is 10.2. The summed E-state index contributed by atoms with van der Waals surface area (Å²) >= 11 is 12.3. The molecule has 0 aliphatic carbocycles. The number of rotatable bonds is 3. The van der Waals surface area contributed by atoms with Gasteiger partial charge in [0.15, 0.2) is 0 Å². The van der Waals surface area contributed by atoms with Gasteiger partial charge in [-0.25, -0.2) is 0 Å². The lowest BCUT2D eigenvalue weighted by Crippen LogP contribution is -1.99. The van der Waals surface area contributed by atoms with E-state index in [1.807, 2.05) is 49.4 Å². The molecule has 0 spiro atoms. The van der Waals surface area contributed by atoms with E-state index in [0.29, 0.717) is 16.6 Å². The molecule has 2 nitrogen and oxygen atoms in total. The van der Waals surface area contributed by atoms with Crippen molar-refractivity contribution in [2.75, 3.05) is 5.32 Å². The monoisotopic (exact) mass is 305 g/mol. The van der Waals surface area contributed by atoms with Crippen LogP contribution in [0, 0.1) is 6.92 Å². The number of fused-ring (bicyclic) bond motifs is 1. The predicted molar refractivity (Wildman–Crippen MR) is 84.7 cm³/mol. The van der Waals surface area contributed by atoms with Crippen molar-refractivity contribution in [2.24, 2.45) is 0 Å². The van der Waals surface area contributed by atoms with Gasteiger partial charge in [0.25, 0.3) is 0 Å². The van der Waals surface area contributed by atoms with Gasteiger partial charge in [0, 0.05) is 10.4 Å². The number of halogens is 2. The first kappa shape index (κ1) is 13.3. The molecule has 0 aliphatic rings. The zero-order chi connectivity index (χ0) is 14.1. The second kappa shape index (κ2) is 5.39. The molecule has 4 heteroatoms.